The van der Waals surface area contributed by atoms with E-state index in [0.29, 0.717) is 5.75 Å². The highest BCUT2D eigenvalue weighted by Gasteiger charge is 2.22. The molecule has 0 amide bonds. The molecule has 1 aliphatic rings. The topological polar surface area (TPSA) is 39.7 Å². The first-order valence-corrected chi connectivity index (χ1v) is 9.40. The minimum absolute atomic E-state index is 0.00800. The van der Waals surface area contributed by atoms with Crippen LogP contribution in [-0.4, -0.2) is 19.9 Å². The van der Waals surface area contributed by atoms with E-state index in [0.717, 1.165) is 41.2 Å². The second-order valence-corrected chi connectivity index (χ2v) is 7.77. The molecule has 0 bridgehead atoms. The second-order valence-electron chi connectivity index (χ2n) is 5.28. The molecule has 23 heavy (non-hydrogen) atoms. The largest absolute Gasteiger partial charge is 0.481 e. The number of nitrogens with one attached hydrogen (secondary N) is 1. The van der Waals surface area contributed by atoms with E-state index in [9.17, 15) is 0 Å². The summed E-state index contributed by atoms with van der Waals surface area (Å²) in [6.07, 6.45) is 2.02. The third-order valence-electron chi connectivity index (χ3n) is 3.55. The number of fused-ring (bicyclic) bond motifs is 1. The smallest absolute Gasteiger partial charge is 0.231 e. The van der Waals surface area contributed by atoms with Crippen molar-refractivity contribution >= 4 is 27.3 Å². The van der Waals surface area contributed by atoms with Crippen LogP contribution in [0.25, 0.3) is 0 Å². The molecule has 2 aromatic rings. The van der Waals surface area contributed by atoms with E-state index in [1.807, 2.05) is 18.2 Å². The lowest BCUT2D eigenvalue weighted by molar-refractivity contribution is 0.159. The van der Waals surface area contributed by atoms with Crippen LogP contribution in [0.5, 0.6) is 17.2 Å². The van der Waals surface area contributed by atoms with Gasteiger partial charge in [0.2, 0.25) is 12.5 Å². The van der Waals surface area contributed by atoms with Crippen LogP contribution in [0, 0.1) is 0 Å². The van der Waals surface area contributed by atoms with Crippen molar-refractivity contribution in [3.05, 3.63) is 39.0 Å². The Labute approximate surface area is 148 Å². The Hall–Kier alpha value is -1.24. The number of ether oxygens (including phenoxy) is 3. The third-order valence-corrected chi connectivity index (χ3v) is 5.27. The molecule has 1 aliphatic heterocycles. The minimum atomic E-state index is -0.00800. The molecule has 0 spiro atoms. The Kier molecular flexibility index (Phi) is 5.80. The molecular weight excluding hydrogens is 378 g/mol. The lowest BCUT2D eigenvalue weighted by atomic mass is 10.2. The number of benzene rings is 1. The van der Waals surface area contributed by atoms with Crippen molar-refractivity contribution < 1.29 is 14.2 Å². The van der Waals surface area contributed by atoms with Crippen molar-refractivity contribution in [2.75, 3.05) is 19.9 Å². The standard InChI is InChI=1S/C17H20BrNO3S/c1-2-9-19-10-8-12(15-6-7-16(18)23-15)22-14-5-3-4-13-17(14)21-11-20-13/h3-7,12,19H,2,8-11H2,1H3. The fourth-order valence-electron chi connectivity index (χ4n) is 2.45. The van der Waals surface area contributed by atoms with Crippen LogP contribution < -0.4 is 19.5 Å². The van der Waals surface area contributed by atoms with Crippen LogP contribution in [0.2, 0.25) is 0 Å². The first-order valence-electron chi connectivity index (χ1n) is 7.79. The molecule has 0 saturated heterocycles. The van der Waals surface area contributed by atoms with Gasteiger partial charge in [-0.2, -0.15) is 0 Å². The predicted molar refractivity (Wildman–Crippen MR) is 95.7 cm³/mol. The highest BCUT2D eigenvalue weighted by Crippen LogP contribution is 2.43. The first kappa shape index (κ1) is 16.6. The molecule has 0 saturated carbocycles. The zero-order valence-corrected chi connectivity index (χ0v) is 15.4. The number of rotatable bonds is 8. The zero-order chi connectivity index (χ0) is 16.1. The molecule has 1 aromatic carbocycles. The summed E-state index contributed by atoms with van der Waals surface area (Å²) in [6.45, 7) is 4.36. The molecule has 124 valence electrons. The quantitative estimate of drug-likeness (QED) is 0.652. The molecule has 1 N–H and O–H groups in total. The number of halogens is 1. The van der Waals surface area contributed by atoms with Crippen LogP contribution in [0.1, 0.15) is 30.7 Å². The average molecular weight is 398 g/mol. The first-order chi connectivity index (χ1) is 11.3. The van der Waals surface area contributed by atoms with Gasteiger partial charge in [0.15, 0.2) is 11.5 Å². The van der Waals surface area contributed by atoms with Crippen LogP contribution in [0.15, 0.2) is 34.1 Å². The van der Waals surface area contributed by atoms with Crippen molar-refractivity contribution in [3.8, 4) is 17.2 Å². The van der Waals surface area contributed by atoms with Gasteiger partial charge in [0, 0.05) is 11.3 Å². The van der Waals surface area contributed by atoms with Gasteiger partial charge in [0.05, 0.1) is 3.79 Å². The van der Waals surface area contributed by atoms with Crippen molar-refractivity contribution in [3.63, 3.8) is 0 Å². The molecule has 4 nitrogen and oxygen atoms in total. The Morgan fingerprint density at radius 3 is 2.96 bits per heavy atom. The maximum atomic E-state index is 6.28. The highest BCUT2D eigenvalue weighted by molar-refractivity contribution is 9.11. The predicted octanol–water partition coefficient (Wildman–Crippen LogP) is 4.75. The maximum Gasteiger partial charge on any atom is 0.231 e. The Morgan fingerprint density at radius 1 is 1.26 bits per heavy atom. The van der Waals surface area contributed by atoms with Crippen molar-refractivity contribution in [2.45, 2.75) is 25.9 Å². The number of thiophene rings is 1. The van der Waals surface area contributed by atoms with Crippen molar-refractivity contribution in [1.82, 2.24) is 5.32 Å². The Morgan fingerprint density at radius 2 is 2.17 bits per heavy atom. The molecule has 0 radical (unpaired) electrons. The Bertz CT molecular complexity index is 647. The molecule has 2 heterocycles. The summed E-state index contributed by atoms with van der Waals surface area (Å²) < 4.78 is 18.4. The molecule has 3 rings (SSSR count). The average Bonchev–Trinajstić information content (AvgIpc) is 3.19. The highest BCUT2D eigenvalue weighted by atomic mass is 79.9. The lowest BCUT2D eigenvalue weighted by Crippen LogP contribution is -2.20. The van der Waals surface area contributed by atoms with Gasteiger partial charge in [-0.3, -0.25) is 0 Å². The third kappa shape index (κ3) is 4.19. The van der Waals surface area contributed by atoms with Gasteiger partial charge in [-0.15, -0.1) is 11.3 Å². The van der Waals surface area contributed by atoms with Gasteiger partial charge in [0.1, 0.15) is 6.10 Å². The van der Waals surface area contributed by atoms with Gasteiger partial charge in [0.25, 0.3) is 0 Å². The molecule has 6 heteroatoms. The summed E-state index contributed by atoms with van der Waals surface area (Å²) >= 11 is 5.24. The van der Waals surface area contributed by atoms with E-state index >= 15 is 0 Å². The lowest BCUT2D eigenvalue weighted by Gasteiger charge is -2.19. The van der Waals surface area contributed by atoms with E-state index in [1.165, 1.54) is 4.88 Å². The molecule has 0 fully saturated rings. The van der Waals surface area contributed by atoms with E-state index < -0.39 is 0 Å². The van der Waals surface area contributed by atoms with Crippen LogP contribution in [-0.2, 0) is 0 Å². The fourth-order valence-corrected chi connectivity index (χ4v) is 3.93. The number of hydrogen-bond donors (Lipinski definition) is 1. The van der Waals surface area contributed by atoms with E-state index in [1.54, 1.807) is 11.3 Å². The van der Waals surface area contributed by atoms with E-state index in [2.05, 4.69) is 40.3 Å². The molecule has 1 aromatic heterocycles. The van der Waals surface area contributed by atoms with Crippen LogP contribution >= 0.6 is 27.3 Å². The van der Waals surface area contributed by atoms with Crippen LogP contribution in [0.3, 0.4) is 0 Å². The summed E-state index contributed by atoms with van der Waals surface area (Å²) in [5.74, 6) is 2.19. The summed E-state index contributed by atoms with van der Waals surface area (Å²) in [4.78, 5) is 1.20. The van der Waals surface area contributed by atoms with Gasteiger partial charge < -0.3 is 19.5 Å². The second kappa shape index (κ2) is 8.04. The van der Waals surface area contributed by atoms with Gasteiger partial charge in [-0.25, -0.2) is 0 Å². The summed E-state index contributed by atoms with van der Waals surface area (Å²) in [6, 6.07) is 9.93. The zero-order valence-electron chi connectivity index (χ0n) is 13.0. The van der Waals surface area contributed by atoms with E-state index in [-0.39, 0.29) is 12.9 Å². The van der Waals surface area contributed by atoms with Gasteiger partial charge in [-0.05, 0) is 59.7 Å². The normalized spacial score (nSPS) is 14.0. The van der Waals surface area contributed by atoms with E-state index in [4.69, 9.17) is 14.2 Å². The van der Waals surface area contributed by atoms with Crippen molar-refractivity contribution in [2.24, 2.45) is 0 Å². The molecule has 1 atom stereocenters. The Balaban J connectivity index is 1.74. The maximum absolute atomic E-state index is 6.28. The molecule has 0 aliphatic carbocycles. The fraction of sp³-hybridized carbons (Fsp3) is 0.412. The molecule has 1 unspecified atom stereocenters. The van der Waals surface area contributed by atoms with Crippen molar-refractivity contribution in [1.29, 1.82) is 0 Å². The van der Waals surface area contributed by atoms with Gasteiger partial charge >= 0.3 is 0 Å². The SMILES string of the molecule is CCCNCCC(Oc1cccc2c1OCO2)c1ccc(Br)s1. The number of hydrogen-bond acceptors (Lipinski definition) is 5. The van der Waals surface area contributed by atoms with Crippen LogP contribution in [0.4, 0.5) is 0 Å². The minimum Gasteiger partial charge on any atom is -0.481 e. The summed E-state index contributed by atoms with van der Waals surface area (Å²) in [5, 5.41) is 3.44. The van der Waals surface area contributed by atoms with Gasteiger partial charge in [-0.1, -0.05) is 13.0 Å². The monoisotopic (exact) mass is 397 g/mol. The molecular formula is C17H20BrNO3S. The summed E-state index contributed by atoms with van der Waals surface area (Å²) in [5.41, 5.74) is 0. The summed E-state index contributed by atoms with van der Waals surface area (Å²) in [7, 11) is 0. The number of para-hydroxylation sites is 1.